The second-order valence-electron chi connectivity index (χ2n) is 3.55. The molecular weight excluding hydrogens is 194 g/mol. The van der Waals surface area contributed by atoms with E-state index in [1.165, 1.54) is 51.6 Å². The molecule has 0 unspecified atom stereocenters. The Kier molecular flexibility index (Phi) is 17.4. The zero-order valence-corrected chi connectivity index (χ0v) is 10.00. The van der Waals surface area contributed by atoms with E-state index in [4.69, 9.17) is 15.0 Å². The van der Waals surface area contributed by atoms with E-state index in [0.29, 0.717) is 0 Å². The Labute approximate surface area is 92.7 Å². The fourth-order valence-corrected chi connectivity index (χ4v) is 1.22. The number of carbonyl (C=O) groups is 1. The molecule has 0 fully saturated rings. The van der Waals surface area contributed by atoms with Gasteiger partial charge < -0.3 is 20.3 Å². The Morgan fingerprint density at radius 2 is 1.40 bits per heavy atom. The maximum absolute atomic E-state index is 8.44. The lowest BCUT2D eigenvalue weighted by Gasteiger charge is -1.99. The van der Waals surface area contributed by atoms with Gasteiger partial charge in [0.2, 0.25) is 6.16 Å². The predicted octanol–water partition coefficient (Wildman–Crippen LogP) is 0.818. The van der Waals surface area contributed by atoms with Gasteiger partial charge in [-0.1, -0.05) is 26.7 Å². The van der Waals surface area contributed by atoms with Crippen molar-refractivity contribution in [2.75, 3.05) is 13.1 Å². The molecule has 15 heavy (non-hydrogen) atoms. The molecule has 0 rings (SSSR count). The van der Waals surface area contributed by atoms with Crippen LogP contribution in [0.2, 0.25) is 0 Å². The highest BCUT2D eigenvalue weighted by atomic mass is 16.6. The Bertz CT molecular complexity index is 117. The lowest BCUT2D eigenvalue weighted by Crippen LogP contribution is -2.84. The zero-order valence-electron chi connectivity index (χ0n) is 10.00. The Balaban J connectivity index is 0. The molecule has 0 aromatic carbocycles. The van der Waals surface area contributed by atoms with Gasteiger partial charge in [0.05, 0.1) is 13.1 Å². The van der Waals surface area contributed by atoms with Crippen LogP contribution in [0.5, 0.6) is 0 Å². The highest BCUT2D eigenvalue weighted by molar-refractivity contribution is 5.50. The average Bonchev–Trinajstić information content (AvgIpc) is 2.16. The largest absolute Gasteiger partial charge is 0.565 e. The summed E-state index contributed by atoms with van der Waals surface area (Å²) in [5, 5.41) is 17.8. The summed E-state index contributed by atoms with van der Waals surface area (Å²) in [5.74, 6) is 0. The Hall–Kier alpha value is -0.770. The van der Waals surface area contributed by atoms with Gasteiger partial charge in [-0.2, -0.15) is 0 Å². The van der Waals surface area contributed by atoms with Crippen LogP contribution in [0.15, 0.2) is 0 Å². The van der Waals surface area contributed by atoms with Crippen LogP contribution in [0.25, 0.3) is 0 Å². The molecule has 0 saturated carbocycles. The third kappa shape index (κ3) is 31.9. The summed E-state index contributed by atoms with van der Waals surface area (Å²) in [6, 6.07) is 0. The number of hydrogen-bond acceptors (Lipinski definition) is 2. The van der Waals surface area contributed by atoms with Crippen LogP contribution in [-0.4, -0.2) is 24.4 Å². The molecule has 0 aliphatic rings. The van der Waals surface area contributed by atoms with Crippen molar-refractivity contribution in [1.29, 1.82) is 0 Å². The molecule has 0 aromatic heterocycles. The van der Waals surface area contributed by atoms with Crippen molar-refractivity contribution in [2.45, 2.75) is 52.4 Å². The fraction of sp³-hybridized carbons (Fsp3) is 0.909. The number of quaternary nitrogens is 1. The minimum Gasteiger partial charge on any atom is -0.565 e. The minimum absolute atomic E-state index is 1.34. The summed E-state index contributed by atoms with van der Waals surface area (Å²) in [4.78, 5) is 8.44. The van der Waals surface area contributed by atoms with Crippen molar-refractivity contribution >= 4 is 6.16 Å². The molecule has 92 valence electrons. The number of unbranched alkanes of at least 4 members (excludes halogenated alkanes) is 4. The van der Waals surface area contributed by atoms with Gasteiger partial charge in [-0.15, -0.1) is 0 Å². The van der Waals surface area contributed by atoms with Crippen molar-refractivity contribution in [3.63, 3.8) is 0 Å². The van der Waals surface area contributed by atoms with Crippen LogP contribution in [0.4, 0.5) is 4.79 Å². The van der Waals surface area contributed by atoms with E-state index in [2.05, 4.69) is 19.2 Å². The summed E-state index contributed by atoms with van der Waals surface area (Å²) in [6.45, 7) is 7.21. The van der Waals surface area contributed by atoms with Crippen LogP contribution >= 0.6 is 0 Å². The Morgan fingerprint density at radius 3 is 1.67 bits per heavy atom. The SMILES string of the molecule is CCCCC[NH2+]CCCCC.O=C([O-])O. The topological polar surface area (TPSA) is 77.0 Å². The highest BCUT2D eigenvalue weighted by Crippen LogP contribution is 1.90. The summed E-state index contributed by atoms with van der Waals surface area (Å²) >= 11 is 0. The molecule has 3 N–H and O–H groups in total. The van der Waals surface area contributed by atoms with Gasteiger partial charge in [0.25, 0.3) is 0 Å². The van der Waals surface area contributed by atoms with Crippen LogP contribution < -0.4 is 10.4 Å². The molecule has 0 aliphatic heterocycles. The number of nitrogens with two attached hydrogens (primary N) is 1. The van der Waals surface area contributed by atoms with Gasteiger partial charge in [-0.25, -0.2) is 0 Å². The van der Waals surface area contributed by atoms with Gasteiger partial charge >= 0.3 is 0 Å². The van der Waals surface area contributed by atoms with Gasteiger partial charge in [0.15, 0.2) is 0 Å². The predicted molar refractivity (Wildman–Crippen MR) is 58.7 cm³/mol. The monoisotopic (exact) mass is 219 g/mol. The molecular formula is C11H25NO3. The van der Waals surface area contributed by atoms with Gasteiger partial charge in [0.1, 0.15) is 0 Å². The first-order chi connectivity index (χ1) is 7.15. The third-order valence-corrected chi connectivity index (χ3v) is 2.02. The first-order valence-corrected chi connectivity index (χ1v) is 5.86. The molecule has 0 saturated heterocycles. The molecule has 0 spiro atoms. The van der Waals surface area contributed by atoms with Crippen LogP contribution in [-0.2, 0) is 0 Å². The fourth-order valence-electron chi connectivity index (χ4n) is 1.22. The quantitative estimate of drug-likeness (QED) is 0.593. The number of hydrogen-bond donors (Lipinski definition) is 2. The summed E-state index contributed by atoms with van der Waals surface area (Å²) < 4.78 is 0. The molecule has 0 aromatic rings. The van der Waals surface area contributed by atoms with Gasteiger partial charge in [-0.3, -0.25) is 0 Å². The van der Waals surface area contributed by atoms with Gasteiger partial charge in [-0.05, 0) is 25.7 Å². The highest BCUT2D eigenvalue weighted by Gasteiger charge is 1.90. The lowest BCUT2D eigenvalue weighted by atomic mass is 10.2. The van der Waals surface area contributed by atoms with Gasteiger partial charge in [0, 0.05) is 0 Å². The van der Waals surface area contributed by atoms with Crippen molar-refractivity contribution in [1.82, 2.24) is 0 Å². The molecule has 0 amide bonds. The second-order valence-corrected chi connectivity index (χ2v) is 3.55. The van der Waals surface area contributed by atoms with Crippen LogP contribution in [0, 0.1) is 0 Å². The van der Waals surface area contributed by atoms with E-state index in [1.807, 2.05) is 0 Å². The molecule has 0 radical (unpaired) electrons. The van der Waals surface area contributed by atoms with E-state index >= 15 is 0 Å². The van der Waals surface area contributed by atoms with Crippen molar-refractivity contribution in [2.24, 2.45) is 0 Å². The normalized spacial score (nSPS) is 9.20. The Morgan fingerprint density at radius 1 is 1.07 bits per heavy atom. The standard InChI is InChI=1S/C10H23N.CH2O3/c1-3-5-7-9-11-10-8-6-4-2;2-1(3)4/h11H,3-10H2,1-2H3;(H2,2,3,4). The molecule has 0 aliphatic carbocycles. The van der Waals surface area contributed by atoms with E-state index in [1.54, 1.807) is 0 Å². The molecule has 0 bridgehead atoms. The lowest BCUT2D eigenvalue weighted by molar-refractivity contribution is -0.655. The van der Waals surface area contributed by atoms with E-state index < -0.39 is 6.16 Å². The second kappa shape index (κ2) is 15.7. The van der Waals surface area contributed by atoms with Crippen molar-refractivity contribution < 1.29 is 20.3 Å². The third-order valence-electron chi connectivity index (χ3n) is 2.02. The summed E-state index contributed by atoms with van der Waals surface area (Å²) in [7, 11) is 0. The zero-order chi connectivity index (χ0) is 11.9. The molecule has 4 heteroatoms. The number of rotatable bonds is 8. The number of carboxylic acid groups (broad SMARTS) is 2. The summed E-state index contributed by atoms with van der Waals surface area (Å²) in [5.41, 5.74) is 0. The first-order valence-electron chi connectivity index (χ1n) is 5.86. The van der Waals surface area contributed by atoms with E-state index in [-0.39, 0.29) is 0 Å². The van der Waals surface area contributed by atoms with E-state index in [0.717, 1.165) is 0 Å². The molecule has 0 heterocycles. The van der Waals surface area contributed by atoms with Crippen LogP contribution in [0.1, 0.15) is 52.4 Å². The van der Waals surface area contributed by atoms with E-state index in [9.17, 15) is 0 Å². The minimum atomic E-state index is -2.08. The van der Waals surface area contributed by atoms with Crippen LogP contribution in [0.3, 0.4) is 0 Å². The maximum atomic E-state index is 8.44. The van der Waals surface area contributed by atoms with Crippen molar-refractivity contribution in [3.05, 3.63) is 0 Å². The molecule has 4 nitrogen and oxygen atoms in total. The van der Waals surface area contributed by atoms with Crippen molar-refractivity contribution in [3.8, 4) is 0 Å². The maximum Gasteiger partial charge on any atom is 0.249 e. The molecule has 0 atom stereocenters. The summed E-state index contributed by atoms with van der Waals surface area (Å²) in [6.07, 6.45) is 6.24. The average molecular weight is 219 g/mol. The first kappa shape index (κ1) is 16.7. The smallest absolute Gasteiger partial charge is 0.249 e.